The summed E-state index contributed by atoms with van der Waals surface area (Å²) in [7, 11) is 2.96. The van der Waals surface area contributed by atoms with Gasteiger partial charge in [-0.25, -0.2) is 9.59 Å². The average Bonchev–Trinajstić information content (AvgIpc) is 3.12. The molecule has 11 heteroatoms. The Morgan fingerprint density at radius 1 is 0.527 bits per heavy atom. The van der Waals surface area contributed by atoms with E-state index in [0.29, 0.717) is 13.1 Å². The van der Waals surface area contributed by atoms with Crippen LogP contribution in [0.1, 0.15) is 63.8 Å². The molecule has 0 aliphatic rings. The van der Waals surface area contributed by atoms with E-state index in [1.165, 1.54) is 23.1 Å². The first kappa shape index (κ1) is 45.5. The molecule has 0 bridgehead atoms. The van der Waals surface area contributed by atoms with Gasteiger partial charge in [0.2, 0.25) is 5.91 Å². The quantitative estimate of drug-likeness (QED) is 0.149. The fourth-order valence-corrected chi connectivity index (χ4v) is 4.70. The lowest BCUT2D eigenvalue weighted by atomic mass is 10.1. The maximum absolute atomic E-state index is 12.9. The van der Waals surface area contributed by atoms with Crippen LogP contribution in [0.25, 0.3) is 0 Å². The smallest absolute Gasteiger partial charge is 0.410 e. The van der Waals surface area contributed by atoms with Crippen molar-refractivity contribution in [1.82, 2.24) is 20.0 Å². The van der Waals surface area contributed by atoms with Gasteiger partial charge in [-0.3, -0.25) is 9.59 Å². The Labute approximate surface area is 326 Å². The van der Waals surface area contributed by atoms with E-state index < -0.39 is 29.4 Å². The predicted octanol–water partition coefficient (Wildman–Crippen LogP) is 8.00. The summed E-state index contributed by atoms with van der Waals surface area (Å²) < 4.78 is 10.3. The van der Waals surface area contributed by atoms with Crippen LogP contribution < -0.4 is 5.32 Å². The van der Waals surface area contributed by atoms with Gasteiger partial charge in [0, 0.05) is 40.3 Å². The molecule has 4 aromatic carbocycles. The van der Waals surface area contributed by atoms with Gasteiger partial charge in [-0.1, -0.05) is 121 Å². The number of rotatable bonds is 12. The number of nitrogens with one attached hydrogen (secondary N) is 1. The lowest BCUT2D eigenvalue weighted by molar-refractivity contribution is -0.138. The maximum Gasteiger partial charge on any atom is 0.410 e. The molecular formula is C44H58N4O7. The highest BCUT2D eigenvalue weighted by molar-refractivity contribution is 5.82. The maximum atomic E-state index is 12.9. The second kappa shape index (κ2) is 23.2. The van der Waals surface area contributed by atoms with Gasteiger partial charge < -0.3 is 34.6 Å². The van der Waals surface area contributed by atoms with E-state index in [2.05, 4.69) is 53.8 Å². The molecule has 4 aromatic rings. The van der Waals surface area contributed by atoms with Crippen LogP contribution >= 0.6 is 0 Å². The summed E-state index contributed by atoms with van der Waals surface area (Å²) >= 11 is 0. The molecule has 11 nitrogen and oxygen atoms in total. The summed E-state index contributed by atoms with van der Waals surface area (Å²) in [5.41, 5.74) is 3.55. The average molecular weight is 755 g/mol. The number of benzene rings is 4. The Balaban J connectivity index is 0.000000315. The van der Waals surface area contributed by atoms with E-state index in [4.69, 9.17) is 14.6 Å². The Bertz CT molecular complexity index is 1630. The summed E-state index contributed by atoms with van der Waals surface area (Å²) in [5.74, 6) is -1.19. The number of aliphatic carboxylic acids is 1. The van der Waals surface area contributed by atoms with Crippen LogP contribution in [0.2, 0.25) is 0 Å². The van der Waals surface area contributed by atoms with E-state index in [9.17, 15) is 19.2 Å². The van der Waals surface area contributed by atoms with Crippen molar-refractivity contribution in [3.8, 4) is 0 Å². The number of nitrogens with zero attached hydrogens (tertiary/aromatic N) is 3. The number of carbonyl (C=O) groups is 4. The van der Waals surface area contributed by atoms with Gasteiger partial charge in [0.25, 0.3) is 0 Å². The molecule has 0 spiro atoms. The third kappa shape index (κ3) is 21.0. The Kier molecular flexibility index (Phi) is 19.2. The van der Waals surface area contributed by atoms with Crippen LogP contribution in [0.5, 0.6) is 0 Å². The van der Waals surface area contributed by atoms with Crippen molar-refractivity contribution in [2.75, 3.05) is 27.2 Å². The van der Waals surface area contributed by atoms with Crippen molar-refractivity contribution in [3.63, 3.8) is 0 Å². The van der Waals surface area contributed by atoms with Crippen LogP contribution in [0.4, 0.5) is 9.59 Å². The molecule has 0 saturated carbocycles. The number of carboxylic acids is 1. The Hall–Kier alpha value is -5.68. The van der Waals surface area contributed by atoms with Gasteiger partial charge in [-0.2, -0.15) is 0 Å². The molecule has 0 heterocycles. The third-order valence-corrected chi connectivity index (χ3v) is 7.28. The number of hydrogen-bond acceptors (Lipinski definition) is 7. The first-order chi connectivity index (χ1) is 25.9. The SMILES string of the molecule is CN(CC(=O)N(Cc1ccccc1)Cc1ccccc1)C(=O)OC(C)(C)C.CN(CC(=O)O)C(=O)OC(C)(C)C.c1ccc(CNCc2ccccc2)cc1. The molecule has 3 amide bonds. The van der Waals surface area contributed by atoms with Crippen molar-refractivity contribution in [2.24, 2.45) is 0 Å². The minimum absolute atomic E-state index is 0.0332. The fourth-order valence-electron chi connectivity index (χ4n) is 4.70. The largest absolute Gasteiger partial charge is 0.480 e. The van der Waals surface area contributed by atoms with Crippen LogP contribution in [-0.2, 0) is 45.2 Å². The first-order valence-corrected chi connectivity index (χ1v) is 18.2. The van der Waals surface area contributed by atoms with Crippen molar-refractivity contribution < 1.29 is 33.8 Å². The van der Waals surface area contributed by atoms with E-state index >= 15 is 0 Å². The number of likely N-dealkylation sites (N-methyl/N-ethyl adjacent to an activating group) is 2. The van der Waals surface area contributed by atoms with Crippen molar-refractivity contribution in [2.45, 2.75) is 78.9 Å². The lowest BCUT2D eigenvalue weighted by Gasteiger charge is -2.28. The summed E-state index contributed by atoms with van der Waals surface area (Å²) in [6, 6.07) is 40.6. The molecule has 0 saturated heterocycles. The molecule has 0 atom stereocenters. The van der Waals surface area contributed by atoms with Crippen molar-refractivity contribution in [1.29, 1.82) is 0 Å². The fraction of sp³-hybridized carbons (Fsp3) is 0.364. The van der Waals surface area contributed by atoms with Crippen LogP contribution in [0, 0.1) is 0 Å². The van der Waals surface area contributed by atoms with E-state index in [1.807, 2.05) is 72.8 Å². The molecule has 296 valence electrons. The normalized spacial score (nSPS) is 10.7. The molecule has 0 unspecified atom stereocenters. The number of amides is 3. The zero-order chi connectivity index (χ0) is 40.9. The van der Waals surface area contributed by atoms with Gasteiger partial charge in [0.15, 0.2) is 0 Å². The molecule has 0 aromatic heterocycles. The first-order valence-electron chi connectivity index (χ1n) is 18.2. The van der Waals surface area contributed by atoms with E-state index in [0.717, 1.165) is 29.1 Å². The minimum atomic E-state index is -1.06. The van der Waals surface area contributed by atoms with Gasteiger partial charge in [0.05, 0.1) is 0 Å². The number of carboxylic acid groups (broad SMARTS) is 1. The highest BCUT2D eigenvalue weighted by Crippen LogP contribution is 2.13. The number of ether oxygens (including phenoxy) is 2. The van der Waals surface area contributed by atoms with Gasteiger partial charge in [0.1, 0.15) is 24.3 Å². The number of hydrogen-bond donors (Lipinski definition) is 2. The predicted molar refractivity (Wildman–Crippen MR) is 216 cm³/mol. The summed E-state index contributed by atoms with van der Waals surface area (Å²) in [5, 5.41) is 11.8. The highest BCUT2D eigenvalue weighted by Gasteiger charge is 2.24. The highest BCUT2D eigenvalue weighted by atomic mass is 16.6. The zero-order valence-electron chi connectivity index (χ0n) is 33.5. The Morgan fingerprint density at radius 2 is 0.836 bits per heavy atom. The van der Waals surface area contributed by atoms with Crippen molar-refractivity contribution in [3.05, 3.63) is 144 Å². The second-order valence-corrected chi connectivity index (χ2v) is 14.9. The summed E-state index contributed by atoms with van der Waals surface area (Å²) in [6.45, 7) is 13.0. The summed E-state index contributed by atoms with van der Waals surface area (Å²) in [6.07, 6.45) is -1.13. The van der Waals surface area contributed by atoms with Crippen molar-refractivity contribution >= 4 is 24.1 Å². The second-order valence-electron chi connectivity index (χ2n) is 14.9. The number of carbonyl (C=O) groups excluding carboxylic acids is 3. The molecular weight excluding hydrogens is 697 g/mol. The molecule has 55 heavy (non-hydrogen) atoms. The molecule has 0 aliphatic carbocycles. The van der Waals surface area contributed by atoms with Gasteiger partial charge in [-0.05, 0) is 63.8 Å². The van der Waals surface area contributed by atoms with Crippen LogP contribution in [-0.4, -0.2) is 82.3 Å². The molecule has 0 fully saturated rings. The standard InChI is InChI=1S/C22H28N2O3.C14H15N.C8H15NO4/c1-22(2,3)27-21(26)23(4)17-20(25)24(15-18-11-7-5-8-12-18)16-19-13-9-6-10-14-19;1-3-7-13(8-4-1)11-15-12-14-9-5-2-6-10-14;1-8(2,3)13-7(12)9(4)5-6(10)11/h5-14H,15-17H2,1-4H3;1-10,15H,11-12H2;5H2,1-4H3,(H,10,11). The van der Waals surface area contributed by atoms with E-state index in [-0.39, 0.29) is 19.0 Å². The van der Waals surface area contributed by atoms with Gasteiger partial charge >= 0.3 is 18.2 Å². The third-order valence-electron chi connectivity index (χ3n) is 7.28. The zero-order valence-corrected chi connectivity index (χ0v) is 33.5. The molecule has 0 aliphatic heterocycles. The monoisotopic (exact) mass is 754 g/mol. The van der Waals surface area contributed by atoms with E-state index in [1.54, 1.807) is 53.5 Å². The van der Waals surface area contributed by atoms with Crippen LogP contribution in [0.15, 0.2) is 121 Å². The molecule has 2 N–H and O–H groups in total. The Morgan fingerprint density at radius 3 is 1.15 bits per heavy atom. The lowest BCUT2D eigenvalue weighted by Crippen LogP contribution is -2.42. The topological polar surface area (TPSA) is 129 Å². The summed E-state index contributed by atoms with van der Waals surface area (Å²) in [4.78, 5) is 50.5. The minimum Gasteiger partial charge on any atom is -0.480 e. The molecule has 4 rings (SSSR count). The molecule has 0 radical (unpaired) electrons. The van der Waals surface area contributed by atoms with Gasteiger partial charge in [-0.15, -0.1) is 0 Å². The van der Waals surface area contributed by atoms with Crippen LogP contribution in [0.3, 0.4) is 0 Å².